The summed E-state index contributed by atoms with van der Waals surface area (Å²) in [6.07, 6.45) is 0.880. The van der Waals surface area contributed by atoms with Gasteiger partial charge >= 0.3 is 0 Å². The van der Waals surface area contributed by atoms with E-state index in [4.69, 9.17) is 17.3 Å². The van der Waals surface area contributed by atoms with Crippen LogP contribution >= 0.6 is 11.6 Å². The molecule has 18 heavy (non-hydrogen) atoms. The van der Waals surface area contributed by atoms with Crippen LogP contribution in [0.4, 0.5) is 11.8 Å². The summed E-state index contributed by atoms with van der Waals surface area (Å²) in [6, 6.07) is 1.23. The van der Waals surface area contributed by atoms with Gasteiger partial charge in [0.25, 0.3) is 0 Å². The first-order chi connectivity index (χ1) is 8.42. The predicted molar refractivity (Wildman–Crippen MR) is 72.4 cm³/mol. The molecule has 0 aromatic carbocycles. The highest BCUT2D eigenvalue weighted by atomic mass is 35.5. The molecule has 1 aromatic heterocycles. The van der Waals surface area contributed by atoms with Gasteiger partial charge < -0.3 is 16.4 Å². The Morgan fingerprint density at radius 1 is 1.50 bits per heavy atom. The number of nitrogen functional groups attached to an aromatic ring is 1. The van der Waals surface area contributed by atoms with Crippen LogP contribution in [0.25, 0.3) is 0 Å². The Labute approximate surface area is 111 Å². The van der Waals surface area contributed by atoms with Crippen molar-refractivity contribution in [1.82, 2.24) is 15.3 Å². The van der Waals surface area contributed by atoms with Gasteiger partial charge in [-0.1, -0.05) is 18.5 Å². The summed E-state index contributed by atoms with van der Waals surface area (Å²) >= 11 is 5.75. The lowest BCUT2D eigenvalue weighted by Gasteiger charge is -2.17. The van der Waals surface area contributed by atoms with Crippen molar-refractivity contribution < 1.29 is 4.79 Å². The number of anilines is 2. The lowest BCUT2D eigenvalue weighted by molar-refractivity contribution is -0.122. The molecule has 0 aliphatic heterocycles. The molecule has 1 aromatic rings. The molecule has 100 valence electrons. The number of nitrogens with one attached hydrogen (secondary N) is 2. The van der Waals surface area contributed by atoms with Gasteiger partial charge in [-0.3, -0.25) is 4.79 Å². The molecule has 0 aliphatic carbocycles. The number of hydrogen-bond acceptors (Lipinski definition) is 5. The zero-order chi connectivity index (χ0) is 13.7. The fourth-order valence-electron chi connectivity index (χ4n) is 1.27. The van der Waals surface area contributed by atoms with E-state index in [9.17, 15) is 4.79 Å². The van der Waals surface area contributed by atoms with Crippen molar-refractivity contribution in [3.05, 3.63) is 11.2 Å². The summed E-state index contributed by atoms with van der Waals surface area (Å²) < 4.78 is 0. The van der Waals surface area contributed by atoms with Gasteiger partial charge in [0, 0.05) is 12.1 Å². The molecule has 6 nitrogen and oxygen atoms in total. The number of amides is 1. The molecule has 0 saturated heterocycles. The third-order valence-electron chi connectivity index (χ3n) is 2.47. The molecule has 1 rings (SSSR count). The van der Waals surface area contributed by atoms with E-state index in [1.165, 1.54) is 6.07 Å². The van der Waals surface area contributed by atoms with Crippen LogP contribution in [0.2, 0.25) is 5.15 Å². The highest BCUT2D eigenvalue weighted by Gasteiger charge is 2.15. The van der Waals surface area contributed by atoms with E-state index in [0.717, 1.165) is 6.42 Å². The van der Waals surface area contributed by atoms with E-state index in [-0.39, 0.29) is 23.1 Å². The molecule has 0 bridgehead atoms. The zero-order valence-corrected chi connectivity index (χ0v) is 11.5. The number of carbonyl (C=O) groups is 1. The summed E-state index contributed by atoms with van der Waals surface area (Å²) in [5, 5.41) is 6.03. The Kier molecular flexibility index (Phi) is 5.15. The average Bonchev–Trinajstić information content (AvgIpc) is 2.27. The van der Waals surface area contributed by atoms with Crippen LogP contribution in [-0.2, 0) is 4.79 Å². The van der Waals surface area contributed by atoms with E-state index in [0.29, 0.717) is 5.82 Å². The van der Waals surface area contributed by atoms with Crippen molar-refractivity contribution in [3.63, 3.8) is 0 Å². The number of carbonyl (C=O) groups excluding carboxylic acids is 1. The van der Waals surface area contributed by atoms with Crippen LogP contribution < -0.4 is 16.4 Å². The van der Waals surface area contributed by atoms with Gasteiger partial charge in [-0.25, -0.2) is 4.98 Å². The number of nitrogens with zero attached hydrogens (tertiary/aromatic N) is 2. The monoisotopic (exact) mass is 271 g/mol. The molecule has 0 radical (unpaired) electrons. The fraction of sp³-hybridized carbons (Fsp3) is 0.545. The van der Waals surface area contributed by atoms with E-state index in [2.05, 4.69) is 20.6 Å². The minimum atomic E-state index is -0.427. The third kappa shape index (κ3) is 4.37. The average molecular weight is 272 g/mol. The van der Waals surface area contributed by atoms with Gasteiger partial charge in [0.2, 0.25) is 11.9 Å². The quantitative estimate of drug-likeness (QED) is 0.705. The van der Waals surface area contributed by atoms with E-state index in [1.807, 2.05) is 13.8 Å². The van der Waals surface area contributed by atoms with E-state index < -0.39 is 6.04 Å². The van der Waals surface area contributed by atoms with Gasteiger partial charge in [-0.15, -0.1) is 0 Å². The van der Waals surface area contributed by atoms with Crippen LogP contribution in [0.15, 0.2) is 6.07 Å². The predicted octanol–water partition coefficient (Wildman–Crippen LogP) is 1.43. The first-order valence-electron chi connectivity index (χ1n) is 5.79. The van der Waals surface area contributed by atoms with Crippen molar-refractivity contribution in [2.75, 3.05) is 11.1 Å². The van der Waals surface area contributed by atoms with Crippen LogP contribution in [0, 0.1) is 0 Å². The molecular formula is C11H18ClN5O. The molecular weight excluding hydrogens is 254 g/mol. The van der Waals surface area contributed by atoms with Gasteiger partial charge in [0.05, 0.1) is 0 Å². The minimum Gasteiger partial charge on any atom is -0.368 e. The Morgan fingerprint density at radius 2 is 2.17 bits per heavy atom. The standard InChI is InChI=1S/C11H18ClN5O/c1-4-6(2)14-10(18)7(3)15-9-5-8(12)16-11(13)17-9/h5-7H,4H2,1-3H3,(H,14,18)(H3,13,15,16,17). The van der Waals surface area contributed by atoms with Crippen molar-refractivity contribution in [2.45, 2.75) is 39.3 Å². The number of hydrogen-bond donors (Lipinski definition) is 3. The van der Waals surface area contributed by atoms with Crippen LogP contribution in [0.3, 0.4) is 0 Å². The maximum atomic E-state index is 11.8. The summed E-state index contributed by atoms with van der Waals surface area (Å²) in [7, 11) is 0. The molecule has 4 N–H and O–H groups in total. The van der Waals surface area contributed by atoms with Gasteiger partial charge in [-0.05, 0) is 20.3 Å². The molecule has 0 aliphatic rings. The van der Waals surface area contributed by atoms with E-state index >= 15 is 0 Å². The Hall–Kier alpha value is -1.56. The highest BCUT2D eigenvalue weighted by Crippen LogP contribution is 2.13. The first kappa shape index (κ1) is 14.5. The molecule has 2 atom stereocenters. The smallest absolute Gasteiger partial charge is 0.242 e. The Bertz CT molecular complexity index is 406. The topological polar surface area (TPSA) is 92.9 Å². The van der Waals surface area contributed by atoms with Crippen molar-refractivity contribution in [2.24, 2.45) is 0 Å². The maximum Gasteiger partial charge on any atom is 0.242 e. The molecule has 0 fully saturated rings. The second-order valence-electron chi connectivity index (χ2n) is 4.12. The van der Waals surface area contributed by atoms with Gasteiger partial charge in [-0.2, -0.15) is 4.98 Å². The summed E-state index contributed by atoms with van der Waals surface area (Å²) in [5.41, 5.74) is 5.47. The SMILES string of the molecule is CCC(C)NC(=O)C(C)Nc1cc(Cl)nc(N)n1. The lowest BCUT2D eigenvalue weighted by atomic mass is 10.2. The number of rotatable bonds is 5. The van der Waals surface area contributed by atoms with Crippen molar-refractivity contribution in [3.8, 4) is 0 Å². The van der Waals surface area contributed by atoms with E-state index in [1.54, 1.807) is 6.92 Å². The normalized spacial score (nSPS) is 13.8. The number of aromatic nitrogens is 2. The first-order valence-corrected chi connectivity index (χ1v) is 6.17. The van der Waals surface area contributed by atoms with Crippen molar-refractivity contribution in [1.29, 1.82) is 0 Å². The van der Waals surface area contributed by atoms with Crippen LogP contribution in [-0.4, -0.2) is 28.0 Å². The minimum absolute atomic E-state index is 0.0690. The molecule has 1 amide bonds. The summed E-state index contributed by atoms with van der Waals surface area (Å²) in [6.45, 7) is 5.70. The highest BCUT2D eigenvalue weighted by molar-refractivity contribution is 6.29. The molecule has 1 heterocycles. The van der Waals surface area contributed by atoms with Gasteiger partial charge in [0.1, 0.15) is 17.0 Å². The molecule has 0 spiro atoms. The van der Waals surface area contributed by atoms with Crippen LogP contribution in [0.1, 0.15) is 27.2 Å². The number of nitrogens with two attached hydrogens (primary N) is 1. The molecule has 0 saturated carbocycles. The largest absolute Gasteiger partial charge is 0.368 e. The summed E-state index contributed by atoms with van der Waals surface area (Å²) in [5.74, 6) is 0.400. The zero-order valence-electron chi connectivity index (χ0n) is 10.7. The Morgan fingerprint density at radius 3 is 2.72 bits per heavy atom. The molecule has 2 unspecified atom stereocenters. The third-order valence-corrected chi connectivity index (χ3v) is 2.66. The maximum absolute atomic E-state index is 11.8. The molecule has 7 heteroatoms. The van der Waals surface area contributed by atoms with Crippen LogP contribution in [0.5, 0.6) is 0 Å². The second-order valence-corrected chi connectivity index (χ2v) is 4.51. The fourth-order valence-corrected chi connectivity index (χ4v) is 1.46. The second kappa shape index (κ2) is 6.39. The van der Waals surface area contributed by atoms with Crippen molar-refractivity contribution >= 4 is 29.3 Å². The Balaban J connectivity index is 2.63. The van der Waals surface area contributed by atoms with Gasteiger partial charge in [0.15, 0.2) is 0 Å². The number of halogens is 1. The lowest BCUT2D eigenvalue weighted by Crippen LogP contribution is -2.42. The summed E-state index contributed by atoms with van der Waals surface area (Å²) in [4.78, 5) is 19.5.